The molecule has 6 heteroatoms. The molecule has 0 radical (unpaired) electrons. The zero-order chi connectivity index (χ0) is 16.3. The van der Waals surface area contributed by atoms with E-state index in [1.54, 1.807) is 12.3 Å². The van der Waals surface area contributed by atoms with Gasteiger partial charge in [-0.05, 0) is 46.7 Å². The minimum absolute atomic E-state index is 0.224. The lowest BCUT2D eigenvalue weighted by Crippen LogP contribution is -2.42. The molecule has 1 aromatic heterocycles. The first-order valence-electron chi connectivity index (χ1n) is 7.58. The first-order chi connectivity index (χ1) is 9.63. The molecule has 0 aliphatic carbocycles. The summed E-state index contributed by atoms with van der Waals surface area (Å²) in [6.07, 6.45) is 2.47. The van der Waals surface area contributed by atoms with Gasteiger partial charge in [0, 0.05) is 30.0 Å². The van der Waals surface area contributed by atoms with Gasteiger partial charge in [-0.25, -0.2) is 13.1 Å². The van der Waals surface area contributed by atoms with Crippen molar-refractivity contribution in [2.45, 2.75) is 71.0 Å². The Balaban J connectivity index is 3.13. The highest BCUT2D eigenvalue weighted by atomic mass is 32.2. The Morgan fingerprint density at radius 2 is 1.90 bits per heavy atom. The van der Waals surface area contributed by atoms with E-state index in [1.807, 2.05) is 32.3 Å². The molecule has 0 saturated carbocycles. The van der Waals surface area contributed by atoms with Crippen LogP contribution in [0.2, 0.25) is 0 Å². The van der Waals surface area contributed by atoms with Gasteiger partial charge in [0.05, 0.1) is 4.90 Å². The lowest BCUT2D eigenvalue weighted by Gasteiger charge is -2.23. The predicted octanol–water partition coefficient (Wildman–Crippen LogP) is 2.65. The maximum absolute atomic E-state index is 12.5. The van der Waals surface area contributed by atoms with Crippen molar-refractivity contribution in [2.75, 3.05) is 6.54 Å². The van der Waals surface area contributed by atoms with Crippen LogP contribution in [0.5, 0.6) is 0 Å². The van der Waals surface area contributed by atoms with Crippen molar-refractivity contribution in [1.29, 1.82) is 0 Å². The minimum Gasteiger partial charge on any atom is -0.346 e. The molecule has 0 unspecified atom stereocenters. The second kappa shape index (κ2) is 6.94. The quantitative estimate of drug-likeness (QED) is 0.775. The van der Waals surface area contributed by atoms with E-state index in [4.69, 9.17) is 0 Å². The van der Waals surface area contributed by atoms with E-state index in [9.17, 15) is 8.42 Å². The van der Waals surface area contributed by atoms with Crippen LogP contribution in [0.3, 0.4) is 0 Å². The summed E-state index contributed by atoms with van der Waals surface area (Å²) in [7, 11) is -3.49. The Morgan fingerprint density at radius 3 is 2.38 bits per heavy atom. The van der Waals surface area contributed by atoms with Gasteiger partial charge in [-0.15, -0.1) is 0 Å². The summed E-state index contributed by atoms with van der Waals surface area (Å²) in [6, 6.07) is 1.98. The SMILES string of the molecule is CCNCc1cc(S(=O)(=O)NC(C)(C)CC)cn1C(C)C. The summed E-state index contributed by atoms with van der Waals surface area (Å²) >= 11 is 0. The van der Waals surface area contributed by atoms with E-state index >= 15 is 0 Å². The third-order valence-corrected chi connectivity index (χ3v) is 5.29. The maximum Gasteiger partial charge on any atom is 0.242 e. The van der Waals surface area contributed by atoms with Gasteiger partial charge in [-0.3, -0.25) is 0 Å². The van der Waals surface area contributed by atoms with Crippen LogP contribution in [0.4, 0.5) is 0 Å². The van der Waals surface area contributed by atoms with Crippen molar-refractivity contribution >= 4 is 10.0 Å². The molecule has 1 aromatic rings. The van der Waals surface area contributed by atoms with Crippen molar-refractivity contribution in [3.8, 4) is 0 Å². The van der Waals surface area contributed by atoms with Crippen LogP contribution in [0.25, 0.3) is 0 Å². The highest BCUT2D eigenvalue weighted by molar-refractivity contribution is 7.89. The number of sulfonamides is 1. The molecule has 0 aliphatic heterocycles. The van der Waals surface area contributed by atoms with Gasteiger partial charge in [0.25, 0.3) is 0 Å². The van der Waals surface area contributed by atoms with Crippen LogP contribution < -0.4 is 10.0 Å². The second-order valence-corrected chi connectivity index (χ2v) is 7.97. The van der Waals surface area contributed by atoms with Crippen molar-refractivity contribution in [1.82, 2.24) is 14.6 Å². The molecule has 0 fully saturated rings. The molecular weight excluding hydrogens is 286 g/mol. The van der Waals surface area contributed by atoms with Crippen LogP contribution in [0.15, 0.2) is 17.2 Å². The van der Waals surface area contributed by atoms with Crippen LogP contribution in [-0.4, -0.2) is 25.1 Å². The fourth-order valence-corrected chi connectivity index (χ4v) is 3.55. The smallest absolute Gasteiger partial charge is 0.242 e. The fourth-order valence-electron chi connectivity index (χ4n) is 2.01. The van der Waals surface area contributed by atoms with Crippen molar-refractivity contribution in [3.63, 3.8) is 0 Å². The molecule has 5 nitrogen and oxygen atoms in total. The third kappa shape index (κ3) is 4.83. The van der Waals surface area contributed by atoms with E-state index in [2.05, 4.69) is 23.9 Å². The normalized spacial score (nSPS) is 13.1. The Morgan fingerprint density at radius 1 is 1.29 bits per heavy atom. The van der Waals surface area contributed by atoms with Crippen LogP contribution in [-0.2, 0) is 16.6 Å². The molecule has 0 atom stereocenters. The summed E-state index contributed by atoms with van der Waals surface area (Å²) in [5.74, 6) is 0. The van der Waals surface area contributed by atoms with Crippen molar-refractivity contribution in [3.05, 3.63) is 18.0 Å². The zero-order valence-electron chi connectivity index (χ0n) is 14.0. The molecule has 0 saturated heterocycles. The highest BCUT2D eigenvalue weighted by Gasteiger charge is 2.26. The zero-order valence-corrected chi connectivity index (χ0v) is 14.8. The maximum atomic E-state index is 12.5. The first kappa shape index (κ1) is 18.2. The first-order valence-corrected chi connectivity index (χ1v) is 9.06. The standard InChI is InChI=1S/C15H29N3O2S/c1-7-15(5,6)17-21(19,20)14-9-13(10-16-8-2)18(11-14)12(3)4/h9,11-12,16-17H,7-8,10H2,1-6H3. The number of hydrogen-bond acceptors (Lipinski definition) is 3. The van der Waals surface area contributed by atoms with Gasteiger partial charge in [-0.1, -0.05) is 13.8 Å². The summed E-state index contributed by atoms with van der Waals surface area (Å²) in [5, 5.41) is 3.25. The number of nitrogens with one attached hydrogen (secondary N) is 2. The van der Waals surface area contributed by atoms with Gasteiger partial charge in [0.2, 0.25) is 10.0 Å². The molecule has 0 aliphatic rings. The molecule has 21 heavy (non-hydrogen) atoms. The molecular formula is C15H29N3O2S. The summed E-state index contributed by atoms with van der Waals surface area (Å²) in [4.78, 5) is 0.339. The van der Waals surface area contributed by atoms with Gasteiger partial charge >= 0.3 is 0 Å². The lowest BCUT2D eigenvalue weighted by atomic mass is 10.0. The van der Waals surface area contributed by atoms with Gasteiger partial charge in [-0.2, -0.15) is 0 Å². The molecule has 0 bridgehead atoms. The monoisotopic (exact) mass is 315 g/mol. The molecule has 0 spiro atoms. The largest absolute Gasteiger partial charge is 0.346 e. The highest BCUT2D eigenvalue weighted by Crippen LogP contribution is 2.21. The lowest BCUT2D eigenvalue weighted by molar-refractivity contribution is 0.439. The summed E-state index contributed by atoms with van der Waals surface area (Å²) in [6.45, 7) is 13.4. The Kier molecular flexibility index (Phi) is 6.01. The number of rotatable bonds is 8. The van der Waals surface area contributed by atoms with Crippen LogP contribution >= 0.6 is 0 Å². The summed E-state index contributed by atoms with van der Waals surface area (Å²) < 4.78 is 29.8. The summed E-state index contributed by atoms with van der Waals surface area (Å²) in [5.41, 5.74) is 0.544. The Hall–Kier alpha value is -0.850. The van der Waals surface area contributed by atoms with E-state index in [-0.39, 0.29) is 6.04 Å². The average molecular weight is 315 g/mol. The van der Waals surface area contributed by atoms with E-state index in [1.165, 1.54) is 0 Å². The molecule has 0 aromatic carbocycles. The molecule has 2 N–H and O–H groups in total. The Bertz CT molecular complexity index is 559. The molecule has 122 valence electrons. The van der Waals surface area contributed by atoms with Crippen molar-refractivity contribution in [2.24, 2.45) is 0 Å². The van der Waals surface area contributed by atoms with Gasteiger partial charge in [0.15, 0.2) is 0 Å². The fraction of sp³-hybridized carbons (Fsp3) is 0.733. The van der Waals surface area contributed by atoms with Gasteiger partial charge in [0.1, 0.15) is 0 Å². The number of nitrogens with zero attached hydrogens (tertiary/aromatic N) is 1. The molecule has 0 amide bonds. The van der Waals surface area contributed by atoms with E-state index in [0.717, 1.165) is 18.7 Å². The predicted molar refractivity (Wildman–Crippen MR) is 86.9 cm³/mol. The molecule has 1 rings (SSSR count). The third-order valence-electron chi connectivity index (χ3n) is 3.62. The number of hydrogen-bond donors (Lipinski definition) is 2. The minimum atomic E-state index is -3.49. The molecule has 1 heterocycles. The van der Waals surface area contributed by atoms with Crippen LogP contribution in [0.1, 0.15) is 59.7 Å². The Labute approximate surface area is 129 Å². The van der Waals surface area contributed by atoms with Crippen molar-refractivity contribution < 1.29 is 8.42 Å². The van der Waals surface area contributed by atoms with E-state index in [0.29, 0.717) is 11.4 Å². The topological polar surface area (TPSA) is 63.1 Å². The van der Waals surface area contributed by atoms with Gasteiger partial charge < -0.3 is 9.88 Å². The van der Waals surface area contributed by atoms with Crippen LogP contribution in [0, 0.1) is 0 Å². The number of aromatic nitrogens is 1. The average Bonchev–Trinajstić information content (AvgIpc) is 2.80. The van der Waals surface area contributed by atoms with E-state index < -0.39 is 15.6 Å². The second-order valence-electron chi connectivity index (χ2n) is 6.29.